The van der Waals surface area contributed by atoms with Gasteiger partial charge in [-0.25, -0.2) is 4.98 Å². The van der Waals surface area contributed by atoms with Crippen LogP contribution >= 0.6 is 0 Å². The summed E-state index contributed by atoms with van der Waals surface area (Å²) in [5.74, 6) is 1.92. The molecule has 0 radical (unpaired) electrons. The first-order chi connectivity index (χ1) is 14.1. The third kappa shape index (κ3) is 2.91. The summed E-state index contributed by atoms with van der Waals surface area (Å²) in [5, 5.41) is 7.10. The standard InChI is InChI=1S/C18H17FN8O2/c19-18-24-16(21)15-17(25-18)27(4-2-20)14(23-15)6-9-5-12-13(29-8-28-12)7-10(9)11-1-3-22-26-11/h1,3,5,7H,2,4,6,8,20H2,(H,22,26)(H2,21,24,25). The van der Waals surface area contributed by atoms with Gasteiger partial charge in [0.05, 0.1) is 5.69 Å². The van der Waals surface area contributed by atoms with Crippen LogP contribution in [0.25, 0.3) is 22.4 Å². The van der Waals surface area contributed by atoms with Gasteiger partial charge in [0.25, 0.3) is 0 Å². The van der Waals surface area contributed by atoms with Crippen molar-refractivity contribution < 1.29 is 13.9 Å². The van der Waals surface area contributed by atoms with Crippen molar-refractivity contribution in [1.82, 2.24) is 29.7 Å². The number of rotatable bonds is 5. The molecule has 1 aliphatic rings. The molecule has 5 N–H and O–H groups in total. The minimum absolute atomic E-state index is 0.0114. The second-order valence-electron chi connectivity index (χ2n) is 6.52. The van der Waals surface area contributed by atoms with E-state index in [0.717, 1.165) is 16.8 Å². The van der Waals surface area contributed by atoms with E-state index in [9.17, 15) is 4.39 Å². The average Bonchev–Trinajstić information content (AvgIpc) is 3.43. The second-order valence-corrected chi connectivity index (χ2v) is 6.52. The molecular formula is C18H17FN8O2. The number of nitrogens with one attached hydrogen (secondary N) is 1. The molecule has 29 heavy (non-hydrogen) atoms. The van der Waals surface area contributed by atoms with E-state index < -0.39 is 6.08 Å². The van der Waals surface area contributed by atoms with Crippen LogP contribution in [0.3, 0.4) is 0 Å². The Morgan fingerprint density at radius 2 is 2.00 bits per heavy atom. The summed E-state index contributed by atoms with van der Waals surface area (Å²) in [6, 6.07) is 5.65. The molecule has 5 rings (SSSR count). The number of aromatic nitrogens is 6. The molecule has 0 atom stereocenters. The smallest absolute Gasteiger partial charge is 0.312 e. The number of nitrogen functional groups attached to an aromatic ring is 1. The van der Waals surface area contributed by atoms with Gasteiger partial charge in [0.2, 0.25) is 6.79 Å². The van der Waals surface area contributed by atoms with Gasteiger partial charge in [-0.2, -0.15) is 19.5 Å². The zero-order valence-electron chi connectivity index (χ0n) is 15.2. The molecule has 3 aromatic heterocycles. The van der Waals surface area contributed by atoms with Crippen LogP contribution in [0.1, 0.15) is 11.4 Å². The van der Waals surface area contributed by atoms with Crippen molar-refractivity contribution in [3.8, 4) is 22.8 Å². The van der Waals surface area contributed by atoms with Gasteiger partial charge in [-0.05, 0) is 23.8 Å². The minimum Gasteiger partial charge on any atom is -0.454 e. The number of nitrogens with zero attached hydrogens (tertiary/aromatic N) is 5. The van der Waals surface area contributed by atoms with Crippen LogP contribution in [0.15, 0.2) is 24.4 Å². The van der Waals surface area contributed by atoms with E-state index in [2.05, 4.69) is 25.1 Å². The number of benzene rings is 1. The number of aromatic amines is 1. The van der Waals surface area contributed by atoms with E-state index in [1.54, 1.807) is 10.8 Å². The van der Waals surface area contributed by atoms with E-state index in [0.29, 0.717) is 48.0 Å². The van der Waals surface area contributed by atoms with Crippen LogP contribution in [-0.4, -0.2) is 43.1 Å². The van der Waals surface area contributed by atoms with Crippen molar-refractivity contribution in [3.05, 3.63) is 41.9 Å². The Morgan fingerprint density at radius 1 is 1.17 bits per heavy atom. The predicted octanol–water partition coefficient (Wildman–Crippen LogP) is 1.22. The Labute approximate surface area is 163 Å². The highest BCUT2D eigenvalue weighted by Crippen LogP contribution is 2.39. The molecule has 1 aromatic carbocycles. The number of hydrogen-bond acceptors (Lipinski definition) is 8. The number of fused-ring (bicyclic) bond motifs is 2. The molecule has 0 aliphatic carbocycles. The molecule has 4 aromatic rings. The maximum atomic E-state index is 13.7. The largest absolute Gasteiger partial charge is 0.454 e. The molecule has 1 aliphatic heterocycles. The summed E-state index contributed by atoms with van der Waals surface area (Å²) in [6.07, 6.45) is 1.24. The third-order valence-electron chi connectivity index (χ3n) is 4.75. The Bertz CT molecular complexity index is 1200. The molecule has 0 unspecified atom stereocenters. The van der Waals surface area contributed by atoms with Gasteiger partial charge in [-0.15, -0.1) is 0 Å². The number of nitrogens with two attached hydrogens (primary N) is 2. The van der Waals surface area contributed by atoms with Crippen molar-refractivity contribution >= 4 is 17.0 Å². The first-order valence-electron chi connectivity index (χ1n) is 8.95. The van der Waals surface area contributed by atoms with Gasteiger partial charge in [0, 0.05) is 31.3 Å². The lowest BCUT2D eigenvalue weighted by Gasteiger charge is -2.11. The number of H-pyrrole nitrogens is 1. The first kappa shape index (κ1) is 17.4. The molecule has 0 fully saturated rings. The van der Waals surface area contributed by atoms with Gasteiger partial charge >= 0.3 is 6.08 Å². The maximum Gasteiger partial charge on any atom is 0.312 e. The van der Waals surface area contributed by atoms with Gasteiger partial charge in [0.15, 0.2) is 28.5 Å². The van der Waals surface area contributed by atoms with Crippen LogP contribution in [0.2, 0.25) is 0 Å². The summed E-state index contributed by atoms with van der Waals surface area (Å²) >= 11 is 0. The van der Waals surface area contributed by atoms with E-state index >= 15 is 0 Å². The fraction of sp³-hybridized carbons (Fsp3) is 0.222. The highest BCUT2D eigenvalue weighted by molar-refractivity contribution is 5.82. The van der Waals surface area contributed by atoms with Gasteiger partial charge in [0.1, 0.15) is 5.82 Å². The number of anilines is 1. The topological polar surface area (TPSA) is 143 Å². The minimum atomic E-state index is -0.903. The van der Waals surface area contributed by atoms with Gasteiger partial charge < -0.3 is 25.5 Å². The Balaban J connectivity index is 1.66. The van der Waals surface area contributed by atoms with E-state index in [-0.39, 0.29) is 12.6 Å². The summed E-state index contributed by atoms with van der Waals surface area (Å²) in [7, 11) is 0. The molecule has 148 valence electrons. The van der Waals surface area contributed by atoms with Crippen LogP contribution in [0, 0.1) is 6.08 Å². The summed E-state index contributed by atoms with van der Waals surface area (Å²) in [5.41, 5.74) is 14.8. The lowest BCUT2D eigenvalue weighted by molar-refractivity contribution is 0.174. The Hall–Kier alpha value is -3.73. The molecule has 0 bridgehead atoms. The van der Waals surface area contributed by atoms with Crippen LogP contribution < -0.4 is 20.9 Å². The van der Waals surface area contributed by atoms with Crippen molar-refractivity contribution in [2.75, 3.05) is 19.1 Å². The van der Waals surface area contributed by atoms with E-state index in [4.69, 9.17) is 20.9 Å². The van der Waals surface area contributed by atoms with E-state index in [1.165, 1.54) is 0 Å². The van der Waals surface area contributed by atoms with Crippen molar-refractivity contribution in [1.29, 1.82) is 0 Å². The fourth-order valence-corrected chi connectivity index (χ4v) is 3.49. The zero-order chi connectivity index (χ0) is 20.0. The van der Waals surface area contributed by atoms with Crippen molar-refractivity contribution in [2.45, 2.75) is 13.0 Å². The van der Waals surface area contributed by atoms with E-state index in [1.807, 2.05) is 18.2 Å². The van der Waals surface area contributed by atoms with Crippen molar-refractivity contribution in [2.24, 2.45) is 5.73 Å². The number of hydrogen-bond donors (Lipinski definition) is 3. The monoisotopic (exact) mass is 396 g/mol. The molecule has 10 nitrogen and oxygen atoms in total. The maximum absolute atomic E-state index is 13.7. The molecular weight excluding hydrogens is 379 g/mol. The number of halogens is 1. The lowest BCUT2D eigenvalue weighted by atomic mass is 10.0. The van der Waals surface area contributed by atoms with Crippen LogP contribution in [0.5, 0.6) is 11.5 Å². The quantitative estimate of drug-likeness (QED) is 0.427. The average molecular weight is 396 g/mol. The zero-order valence-corrected chi connectivity index (χ0v) is 15.2. The Morgan fingerprint density at radius 3 is 2.76 bits per heavy atom. The van der Waals surface area contributed by atoms with Crippen LogP contribution in [0.4, 0.5) is 10.2 Å². The third-order valence-corrected chi connectivity index (χ3v) is 4.75. The highest BCUT2D eigenvalue weighted by Gasteiger charge is 2.22. The second kappa shape index (κ2) is 6.71. The molecule has 4 heterocycles. The highest BCUT2D eigenvalue weighted by atomic mass is 19.1. The summed E-state index contributed by atoms with van der Waals surface area (Å²) in [4.78, 5) is 12.0. The van der Waals surface area contributed by atoms with Gasteiger partial charge in [-0.1, -0.05) is 0 Å². The number of ether oxygens (including phenoxy) is 2. The van der Waals surface area contributed by atoms with Crippen molar-refractivity contribution in [3.63, 3.8) is 0 Å². The summed E-state index contributed by atoms with van der Waals surface area (Å²) in [6.45, 7) is 0.900. The number of imidazole rings is 1. The molecule has 0 amide bonds. The lowest BCUT2D eigenvalue weighted by Crippen LogP contribution is -2.14. The molecule has 0 saturated heterocycles. The normalized spacial score (nSPS) is 12.8. The summed E-state index contributed by atoms with van der Waals surface area (Å²) < 4.78 is 26.5. The SMILES string of the molecule is NCCn1c(Cc2cc3c(cc2-c2cc[nH]n2)OCO3)nc2c(N)nc(F)nc21. The molecule has 0 spiro atoms. The fourth-order valence-electron chi connectivity index (χ4n) is 3.49. The predicted molar refractivity (Wildman–Crippen MR) is 102 cm³/mol. The Kier molecular flexibility index (Phi) is 4.02. The first-order valence-corrected chi connectivity index (χ1v) is 8.95. The molecule has 0 saturated carbocycles. The van der Waals surface area contributed by atoms with Crippen LogP contribution in [-0.2, 0) is 13.0 Å². The molecule has 11 heteroatoms. The van der Waals surface area contributed by atoms with Gasteiger partial charge in [-0.3, -0.25) is 5.10 Å².